The van der Waals surface area contributed by atoms with Crippen molar-refractivity contribution in [2.45, 2.75) is 32.8 Å². The van der Waals surface area contributed by atoms with E-state index in [4.69, 9.17) is 9.84 Å². The number of carboxylic acid groups (broad SMARTS) is 1. The number of likely N-dealkylation sites (tertiary alicyclic amines) is 1. The van der Waals surface area contributed by atoms with Crippen LogP contribution in [0.4, 0.5) is 4.79 Å². The monoisotopic (exact) mass is 287 g/mol. The predicted octanol–water partition coefficient (Wildman–Crippen LogP) is 1.12. The zero-order valence-corrected chi connectivity index (χ0v) is 12.2. The Bertz CT molecular complexity index is 400. The van der Waals surface area contributed by atoms with Gasteiger partial charge >= 0.3 is 18.0 Å². The summed E-state index contributed by atoms with van der Waals surface area (Å²) >= 11 is 0. The molecule has 1 amide bonds. The summed E-state index contributed by atoms with van der Waals surface area (Å²) in [5.41, 5.74) is -0.637. The first-order chi connectivity index (χ1) is 9.15. The molecule has 0 bridgehead atoms. The smallest absolute Gasteiger partial charge is 0.410 e. The predicted molar refractivity (Wildman–Crippen MR) is 69.1 cm³/mol. The molecule has 0 saturated carbocycles. The van der Waals surface area contributed by atoms with Gasteiger partial charge in [-0.2, -0.15) is 0 Å². The number of rotatable bonds is 2. The molecule has 0 aromatic heterocycles. The van der Waals surface area contributed by atoms with Gasteiger partial charge in [-0.3, -0.25) is 9.59 Å². The van der Waals surface area contributed by atoms with Crippen LogP contribution in [0.1, 0.15) is 27.2 Å². The van der Waals surface area contributed by atoms with E-state index in [0.29, 0.717) is 0 Å². The van der Waals surface area contributed by atoms with Gasteiger partial charge in [-0.15, -0.1) is 0 Å². The highest BCUT2D eigenvalue weighted by atomic mass is 16.6. The molecule has 2 unspecified atom stereocenters. The molecule has 7 heteroatoms. The zero-order valence-electron chi connectivity index (χ0n) is 12.2. The third-order valence-electron chi connectivity index (χ3n) is 3.09. The van der Waals surface area contributed by atoms with Crippen molar-refractivity contribution in [2.24, 2.45) is 11.8 Å². The molecule has 0 aromatic rings. The molecule has 0 radical (unpaired) electrons. The highest BCUT2D eigenvalue weighted by Gasteiger charge is 2.41. The zero-order chi connectivity index (χ0) is 15.5. The number of hydrogen-bond donors (Lipinski definition) is 1. The molecule has 1 aliphatic rings. The van der Waals surface area contributed by atoms with Crippen molar-refractivity contribution in [2.75, 3.05) is 20.2 Å². The molecule has 1 fully saturated rings. The van der Waals surface area contributed by atoms with E-state index in [1.165, 1.54) is 12.0 Å². The van der Waals surface area contributed by atoms with Gasteiger partial charge in [0.25, 0.3) is 0 Å². The van der Waals surface area contributed by atoms with Crippen LogP contribution < -0.4 is 0 Å². The number of piperidine rings is 1. The van der Waals surface area contributed by atoms with Gasteiger partial charge in [-0.1, -0.05) is 0 Å². The maximum atomic E-state index is 12.0. The highest BCUT2D eigenvalue weighted by Crippen LogP contribution is 2.26. The van der Waals surface area contributed by atoms with Gasteiger partial charge in [0, 0.05) is 13.1 Å². The first-order valence-corrected chi connectivity index (χ1v) is 6.44. The Morgan fingerprint density at radius 1 is 1.20 bits per heavy atom. The van der Waals surface area contributed by atoms with Gasteiger partial charge in [0.2, 0.25) is 0 Å². The van der Waals surface area contributed by atoms with Gasteiger partial charge in [0.15, 0.2) is 0 Å². The van der Waals surface area contributed by atoms with Crippen molar-refractivity contribution in [1.82, 2.24) is 4.90 Å². The molecule has 1 heterocycles. The van der Waals surface area contributed by atoms with E-state index in [9.17, 15) is 14.4 Å². The Labute approximate surface area is 117 Å². The molecule has 114 valence electrons. The van der Waals surface area contributed by atoms with Crippen molar-refractivity contribution in [1.29, 1.82) is 0 Å². The van der Waals surface area contributed by atoms with Crippen molar-refractivity contribution in [3.8, 4) is 0 Å². The topological polar surface area (TPSA) is 93.1 Å². The van der Waals surface area contributed by atoms with Gasteiger partial charge in [0.05, 0.1) is 18.9 Å². The molecule has 0 aliphatic carbocycles. The summed E-state index contributed by atoms with van der Waals surface area (Å²) in [6.45, 7) is 5.48. The van der Waals surface area contributed by atoms with Crippen LogP contribution in [0.25, 0.3) is 0 Å². The average Bonchev–Trinajstić information content (AvgIpc) is 2.34. The summed E-state index contributed by atoms with van der Waals surface area (Å²) in [4.78, 5) is 36.1. The summed E-state index contributed by atoms with van der Waals surface area (Å²) in [5.74, 6) is -3.37. The van der Waals surface area contributed by atoms with Crippen LogP contribution in [0.15, 0.2) is 0 Å². The van der Waals surface area contributed by atoms with Crippen LogP contribution in [0.2, 0.25) is 0 Å². The lowest BCUT2D eigenvalue weighted by Gasteiger charge is -2.35. The van der Waals surface area contributed by atoms with E-state index in [2.05, 4.69) is 4.74 Å². The van der Waals surface area contributed by atoms with Crippen molar-refractivity contribution in [3.63, 3.8) is 0 Å². The van der Waals surface area contributed by atoms with E-state index in [1.807, 2.05) is 0 Å². The summed E-state index contributed by atoms with van der Waals surface area (Å²) < 4.78 is 9.84. The van der Waals surface area contributed by atoms with Crippen LogP contribution in [-0.4, -0.2) is 53.8 Å². The minimum atomic E-state index is -1.05. The molecule has 20 heavy (non-hydrogen) atoms. The van der Waals surface area contributed by atoms with E-state index in [0.717, 1.165) is 0 Å². The Morgan fingerprint density at radius 2 is 1.80 bits per heavy atom. The minimum absolute atomic E-state index is 0.00144. The first kappa shape index (κ1) is 16.3. The standard InChI is InChI=1S/C13H21NO6/c1-13(2,3)20-12(18)14-6-5-8(10(15)16)9(7-14)11(17)19-4/h8-9H,5-7H2,1-4H3,(H,15,16). The number of ether oxygens (including phenoxy) is 2. The molecule has 1 rings (SSSR count). The maximum Gasteiger partial charge on any atom is 0.410 e. The molecular weight excluding hydrogens is 266 g/mol. The minimum Gasteiger partial charge on any atom is -0.481 e. The highest BCUT2D eigenvalue weighted by molar-refractivity contribution is 5.82. The number of methoxy groups -OCH3 is 1. The second kappa shape index (κ2) is 6.11. The third-order valence-corrected chi connectivity index (χ3v) is 3.09. The van der Waals surface area contributed by atoms with Gasteiger partial charge < -0.3 is 19.5 Å². The van der Waals surface area contributed by atoms with Crippen molar-refractivity contribution < 1.29 is 29.0 Å². The largest absolute Gasteiger partial charge is 0.481 e. The molecule has 7 nitrogen and oxygen atoms in total. The third kappa shape index (κ3) is 4.11. The Kier molecular flexibility index (Phi) is 4.97. The second-order valence-corrected chi connectivity index (χ2v) is 5.79. The van der Waals surface area contributed by atoms with Crippen molar-refractivity contribution >= 4 is 18.0 Å². The summed E-state index contributed by atoms with van der Waals surface area (Å²) in [6.07, 6.45) is -0.343. The summed E-state index contributed by atoms with van der Waals surface area (Å²) in [7, 11) is 1.20. The van der Waals surface area contributed by atoms with Gasteiger partial charge in [-0.25, -0.2) is 4.79 Å². The van der Waals surface area contributed by atoms with Crippen LogP contribution >= 0.6 is 0 Å². The number of esters is 1. The lowest BCUT2D eigenvalue weighted by molar-refractivity contribution is -0.158. The van der Waals surface area contributed by atoms with Gasteiger partial charge in [0.1, 0.15) is 5.60 Å². The van der Waals surface area contributed by atoms with E-state index in [1.54, 1.807) is 20.8 Å². The molecular formula is C13H21NO6. The van der Waals surface area contributed by atoms with Gasteiger partial charge in [-0.05, 0) is 27.2 Å². The van der Waals surface area contributed by atoms with Crippen molar-refractivity contribution in [3.05, 3.63) is 0 Å². The molecule has 1 N–H and O–H groups in total. The number of carbonyl (C=O) groups excluding carboxylic acids is 2. The fraction of sp³-hybridized carbons (Fsp3) is 0.769. The summed E-state index contributed by atoms with van der Waals surface area (Å²) in [6, 6.07) is 0. The Balaban J connectivity index is 2.78. The second-order valence-electron chi connectivity index (χ2n) is 5.79. The molecule has 0 spiro atoms. The number of amides is 1. The SMILES string of the molecule is COC(=O)C1CN(C(=O)OC(C)(C)C)CCC1C(=O)O. The first-order valence-electron chi connectivity index (χ1n) is 6.44. The molecule has 1 saturated heterocycles. The number of hydrogen-bond acceptors (Lipinski definition) is 5. The molecule has 2 atom stereocenters. The Morgan fingerprint density at radius 3 is 2.25 bits per heavy atom. The number of carbonyl (C=O) groups is 3. The van der Waals surface area contributed by atoms with E-state index >= 15 is 0 Å². The molecule has 1 aliphatic heterocycles. The quantitative estimate of drug-likeness (QED) is 0.765. The number of carboxylic acids is 1. The van der Waals surface area contributed by atoms with Crippen LogP contribution in [0, 0.1) is 11.8 Å². The van der Waals surface area contributed by atoms with Crippen LogP contribution in [0.5, 0.6) is 0 Å². The van der Waals surface area contributed by atoms with E-state index < -0.39 is 35.5 Å². The fourth-order valence-corrected chi connectivity index (χ4v) is 2.13. The summed E-state index contributed by atoms with van der Waals surface area (Å²) in [5, 5.41) is 9.12. The van der Waals surface area contributed by atoms with E-state index in [-0.39, 0.29) is 19.5 Å². The lowest BCUT2D eigenvalue weighted by atomic mass is 9.85. The molecule has 0 aromatic carbocycles. The maximum absolute atomic E-state index is 12.0. The average molecular weight is 287 g/mol. The fourth-order valence-electron chi connectivity index (χ4n) is 2.13. The number of aliphatic carboxylic acids is 1. The van der Waals surface area contributed by atoms with Crippen LogP contribution in [-0.2, 0) is 19.1 Å². The lowest BCUT2D eigenvalue weighted by Crippen LogP contribution is -2.50. The van der Waals surface area contributed by atoms with Crippen LogP contribution in [0.3, 0.4) is 0 Å². The normalized spacial score (nSPS) is 23.1. The Hall–Kier alpha value is -1.79. The number of nitrogens with zero attached hydrogens (tertiary/aromatic N) is 1.